The zero-order valence-corrected chi connectivity index (χ0v) is 10.7. The SMILES string of the molecule is N#Cc1cccc(S(=O)(=O)c2ccc(N)cc2N)c1. The molecule has 0 fully saturated rings. The van der Waals surface area contributed by atoms with Gasteiger partial charge in [-0.2, -0.15) is 5.26 Å². The molecule has 0 radical (unpaired) electrons. The number of nitriles is 1. The molecule has 0 aromatic heterocycles. The van der Waals surface area contributed by atoms with Gasteiger partial charge in [-0.15, -0.1) is 0 Å². The van der Waals surface area contributed by atoms with E-state index in [0.717, 1.165) is 0 Å². The Bertz CT molecular complexity index is 777. The first kappa shape index (κ1) is 12.9. The summed E-state index contributed by atoms with van der Waals surface area (Å²) in [5, 5.41) is 8.80. The lowest BCUT2D eigenvalue weighted by Crippen LogP contribution is -2.06. The summed E-state index contributed by atoms with van der Waals surface area (Å²) in [6.07, 6.45) is 0. The number of sulfone groups is 1. The number of anilines is 2. The summed E-state index contributed by atoms with van der Waals surface area (Å²) >= 11 is 0. The molecule has 2 rings (SSSR count). The van der Waals surface area contributed by atoms with Gasteiger partial charge in [-0.25, -0.2) is 8.42 Å². The first-order valence-corrected chi connectivity index (χ1v) is 6.84. The van der Waals surface area contributed by atoms with Crippen molar-refractivity contribution in [2.24, 2.45) is 0 Å². The predicted molar refractivity (Wildman–Crippen MR) is 71.9 cm³/mol. The van der Waals surface area contributed by atoms with Gasteiger partial charge in [0, 0.05) is 5.69 Å². The minimum absolute atomic E-state index is 0.0169. The monoisotopic (exact) mass is 273 g/mol. The van der Waals surface area contributed by atoms with Crippen molar-refractivity contribution >= 4 is 21.2 Å². The second kappa shape index (κ2) is 4.63. The standard InChI is InChI=1S/C13H11N3O2S/c14-8-9-2-1-3-11(6-9)19(17,18)13-5-4-10(15)7-12(13)16/h1-7H,15-16H2. The van der Waals surface area contributed by atoms with Gasteiger partial charge in [0.25, 0.3) is 0 Å². The summed E-state index contributed by atoms with van der Waals surface area (Å²) in [6, 6.07) is 11.9. The maximum atomic E-state index is 12.4. The molecule has 2 aromatic carbocycles. The number of hydrogen-bond donors (Lipinski definition) is 2. The summed E-state index contributed by atoms with van der Waals surface area (Å²) < 4.78 is 24.8. The van der Waals surface area contributed by atoms with Gasteiger partial charge in [0.15, 0.2) is 0 Å². The van der Waals surface area contributed by atoms with Crippen molar-refractivity contribution in [3.8, 4) is 6.07 Å². The number of nitrogens with zero attached hydrogens (tertiary/aromatic N) is 1. The van der Waals surface area contributed by atoms with E-state index >= 15 is 0 Å². The Balaban J connectivity index is 2.62. The molecule has 4 N–H and O–H groups in total. The van der Waals surface area contributed by atoms with Crippen molar-refractivity contribution in [2.75, 3.05) is 11.5 Å². The molecule has 6 heteroatoms. The van der Waals surface area contributed by atoms with Crippen LogP contribution in [0.25, 0.3) is 0 Å². The number of hydrogen-bond acceptors (Lipinski definition) is 5. The predicted octanol–water partition coefficient (Wildman–Crippen LogP) is 1.56. The summed E-state index contributed by atoms with van der Waals surface area (Å²) in [5.41, 5.74) is 12.0. The lowest BCUT2D eigenvalue weighted by atomic mass is 10.2. The fourth-order valence-electron chi connectivity index (χ4n) is 1.67. The molecule has 0 saturated carbocycles. The van der Waals surface area contributed by atoms with Gasteiger partial charge in [0.05, 0.1) is 27.1 Å². The van der Waals surface area contributed by atoms with Crippen LogP contribution in [0.1, 0.15) is 5.56 Å². The number of nitrogen functional groups attached to an aromatic ring is 2. The van der Waals surface area contributed by atoms with Crippen molar-refractivity contribution < 1.29 is 8.42 Å². The molecule has 0 atom stereocenters. The highest BCUT2D eigenvalue weighted by atomic mass is 32.2. The summed E-state index contributed by atoms with van der Waals surface area (Å²) in [4.78, 5) is 0.0137. The molecule has 2 aromatic rings. The quantitative estimate of drug-likeness (QED) is 0.807. The second-order valence-corrected chi connectivity index (χ2v) is 5.86. The van der Waals surface area contributed by atoms with E-state index in [9.17, 15) is 8.42 Å². The Labute approximate surface area is 111 Å². The maximum absolute atomic E-state index is 12.4. The van der Waals surface area contributed by atoms with Gasteiger partial charge in [0.2, 0.25) is 9.84 Å². The zero-order chi connectivity index (χ0) is 14.0. The lowest BCUT2D eigenvalue weighted by molar-refractivity contribution is 0.596. The average Bonchev–Trinajstić information content (AvgIpc) is 2.38. The highest BCUT2D eigenvalue weighted by molar-refractivity contribution is 7.91. The average molecular weight is 273 g/mol. The van der Waals surface area contributed by atoms with Gasteiger partial charge in [-0.05, 0) is 36.4 Å². The molecule has 19 heavy (non-hydrogen) atoms. The maximum Gasteiger partial charge on any atom is 0.208 e. The largest absolute Gasteiger partial charge is 0.399 e. The minimum atomic E-state index is -3.75. The molecule has 0 heterocycles. The van der Waals surface area contributed by atoms with Crippen molar-refractivity contribution in [2.45, 2.75) is 9.79 Å². The van der Waals surface area contributed by atoms with Gasteiger partial charge < -0.3 is 11.5 Å². The summed E-state index contributed by atoms with van der Waals surface area (Å²) in [6.45, 7) is 0. The van der Waals surface area contributed by atoms with E-state index in [4.69, 9.17) is 16.7 Å². The first-order valence-electron chi connectivity index (χ1n) is 5.35. The highest BCUT2D eigenvalue weighted by Gasteiger charge is 2.20. The Morgan fingerprint density at radius 3 is 2.42 bits per heavy atom. The fraction of sp³-hybridized carbons (Fsp3) is 0. The van der Waals surface area contributed by atoms with E-state index in [1.165, 1.54) is 42.5 Å². The van der Waals surface area contributed by atoms with Crippen LogP contribution in [-0.2, 0) is 9.84 Å². The van der Waals surface area contributed by atoms with Crippen LogP contribution in [0.4, 0.5) is 11.4 Å². The van der Waals surface area contributed by atoms with Crippen molar-refractivity contribution in [1.29, 1.82) is 5.26 Å². The minimum Gasteiger partial charge on any atom is -0.399 e. The Kier molecular flexibility index (Phi) is 3.15. The van der Waals surface area contributed by atoms with Crippen molar-refractivity contribution in [3.63, 3.8) is 0 Å². The van der Waals surface area contributed by atoms with Gasteiger partial charge in [0.1, 0.15) is 0 Å². The first-order chi connectivity index (χ1) is 8.95. The van der Waals surface area contributed by atoms with Crippen LogP contribution in [0.5, 0.6) is 0 Å². The molecular weight excluding hydrogens is 262 g/mol. The van der Waals surface area contributed by atoms with Crippen LogP contribution < -0.4 is 11.5 Å². The van der Waals surface area contributed by atoms with E-state index < -0.39 is 9.84 Å². The zero-order valence-electron chi connectivity index (χ0n) is 9.87. The topological polar surface area (TPSA) is 110 Å². The fourth-order valence-corrected chi connectivity index (χ4v) is 3.08. The van der Waals surface area contributed by atoms with Crippen LogP contribution >= 0.6 is 0 Å². The van der Waals surface area contributed by atoms with Crippen molar-refractivity contribution in [3.05, 3.63) is 48.0 Å². The van der Waals surface area contributed by atoms with Crippen LogP contribution in [0.3, 0.4) is 0 Å². The van der Waals surface area contributed by atoms with E-state index in [0.29, 0.717) is 5.69 Å². The van der Waals surface area contributed by atoms with E-state index in [1.54, 1.807) is 0 Å². The summed E-state index contributed by atoms with van der Waals surface area (Å²) in [5.74, 6) is 0. The van der Waals surface area contributed by atoms with Crippen LogP contribution in [0.2, 0.25) is 0 Å². The molecule has 0 unspecified atom stereocenters. The molecular formula is C13H11N3O2S. The highest BCUT2D eigenvalue weighted by Crippen LogP contribution is 2.27. The molecule has 0 amide bonds. The second-order valence-electron chi connectivity index (χ2n) is 3.94. The molecule has 0 aliphatic heterocycles. The number of nitrogens with two attached hydrogens (primary N) is 2. The summed E-state index contributed by atoms with van der Waals surface area (Å²) in [7, 11) is -3.75. The van der Waals surface area contributed by atoms with Crippen LogP contribution in [-0.4, -0.2) is 8.42 Å². The van der Waals surface area contributed by atoms with Gasteiger partial charge >= 0.3 is 0 Å². The molecule has 5 nitrogen and oxygen atoms in total. The normalized spacial score (nSPS) is 10.9. The third-order valence-electron chi connectivity index (χ3n) is 2.60. The lowest BCUT2D eigenvalue weighted by Gasteiger charge is -2.08. The van der Waals surface area contributed by atoms with Gasteiger partial charge in [-0.1, -0.05) is 6.07 Å². The molecule has 0 bridgehead atoms. The van der Waals surface area contributed by atoms with Gasteiger partial charge in [-0.3, -0.25) is 0 Å². The molecule has 0 saturated heterocycles. The van der Waals surface area contributed by atoms with E-state index in [-0.39, 0.29) is 21.0 Å². The number of rotatable bonds is 2. The Hall–Kier alpha value is -2.52. The Morgan fingerprint density at radius 2 is 1.79 bits per heavy atom. The van der Waals surface area contributed by atoms with Crippen molar-refractivity contribution in [1.82, 2.24) is 0 Å². The molecule has 0 aliphatic rings. The van der Waals surface area contributed by atoms with Crippen LogP contribution in [0.15, 0.2) is 52.3 Å². The third-order valence-corrected chi connectivity index (χ3v) is 4.42. The smallest absolute Gasteiger partial charge is 0.208 e. The van der Waals surface area contributed by atoms with Crippen LogP contribution in [0, 0.1) is 11.3 Å². The van der Waals surface area contributed by atoms with E-state index in [1.807, 2.05) is 6.07 Å². The molecule has 0 spiro atoms. The third kappa shape index (κ3) is 2.37. The number of benzene rings is 2. The molecule has 96 valence electrons. The van der Waals surface area contributed by atoms with E-state index in [2.05, 4.69) is 0 Å². The molecule has 0 aliphatic carbocycles. The Morgan fingerprint density at radius 1 is 1.05 bits per heavy atom.